The average molecular weight is 349 g/mol. The van der Waals surface area contributed by atoms with Gasteiger partial charge in [-0.15, -0.1) is 5.10 Å². The molecule has 0 aliphatic carbocycles. The highest BCUT2D eigenvalue weighted by Crippen LogP contribution is 2.32. The first-order valence-electron chi connectivity index (χ1n) is 8.49. The highest BCUT2D eigenvalue weighted by Gasteiger charge is 2.13. The van der Waals surface area contributed by atoms with Gasteiger partial charge in [-0.05, 0) is 35.7 Å². The summed E-state index contributed by atoms with van der Waals surface area (Å²) in [4.78, 5) is 4.48. The van der Waals surface area contributed by atoms with Gasteiger partial charge in [0.25, 0.3) is 0 Å². The molecule has 1 aromatic heterocycles. The van der Waals surface area contributed by atoms with Crippen molar-refractivity contribution in [2.24, 2.45) is 0 Å². The van der Waals surface area contributed by atoms with Gasteiger partial charge >= 0.3 is 0 Å². The molecule has 7 nitrogen and oxygen atoms in total. The van der Waals surface area contributed by atoms with Crippen molar-refractivity contribution >= 4 is 17.5 Å². The number of nitrogens with zero attached hydrogens (tertiary/aromatic N) is 3. The highest BCUT2D eigenvalue weighted by atomic mass is 16.7. The first kappa shape index (κ1) is 16.1. The molecule has 0 bridgehead atoms. The number of benzene rings is 2. The quantitative estimate of drug-likeness (QED) is 0.704. The second kappa shape index (κ2) is 7.26. The van der Waals surface area contributed by atoms with Crippen LogP contribution in [0.3, 0.4) is 0 Å². The van der Waals surface area contributed by atoms with Crippen LogP contribution in [0.2, 0.25) is 0 Å². The Balaban J connectivity index is 1.44. The molecule has 4 rings (SSSR count). The van der Waals surface area contributed by atoms with Gasteiger partial charge in [-0.25, -0.2) is 0 Å². The zero-order valence-electron chi connectivity index (χ0n) is 14.4. The number of aromatic nitrogens is 3. The Morgan fingerprint density at radius 2 is 1.96 bits per heavy atom. The highest BCUT2D eigenvalue weighted by molar-refractivity contribution is 5.59. The molecule has 0 saturated carbocycles. The maximum Gasteiger partial charge on any atom is 0.249 e. The molecule has 2 N–H and O–H groups in total. The van der Waals surface area contributed by atoms with Crippen molar-refractivity contribution in [3.05, 3.63) is 59.8 Å². The van der Waals surface area contributed by atoms with Crippen molar-refractivity contribution in [3.63, 3.8) is 0 Å². The van der Waals surface area contributed by atoms with E-state index in [0.29, 0.717) is 18.3 Å². The third kappa shape index (κ3) is 3.51. The average Bonchev–Trinajstić information content (AvgIpc) is 3.15. The third-order valence-electron chi connectivity index (χ3n) is 4.11. The lowest BCUT2D eigenvalue weighted by Gasteiger charge is -2.10. The monoisotopic (exact) mass is 349 g/mol. The third-order valence-corrected chi connectivity index (χ3v) is 4.11. The predicted molar refractivity (Wildman–Crippen MR) is 98.8 cm³/mol. The maximum absolute atomic E-state index is 5.40. The minimum Gasteiger partial charge on any atom is -0.454 e. The smallest absolute Gasteiger partial charge is 0.249 e. The Bertz CT molecular complexity index is 916. The molecule has 0 unspecified atom stereocenters. The molecule has 2 aromatic carbocycles. The summed E-state index contributed by atoms with van der Waals surface area (Å²) in [5, 5.41) is 14.6. The van der Waals surface area contributed by atoms with E-state index in [4.69, 9.17) is 9.47 Å². The van der Waals surface area contributed by atoms with Crippen molar-refractivity contribution < 1.29 is 9.47 Å². The molecule has 1 aliphatic rings. The molecule has 0 radical (unpaired) electrons. The molecular weight excluding hydrogens is 330 g/mol. The van der Waals surface area contributed by atoms with Crippen molar-refractivity contribution in [3.8, 4) is 11.5 Å². The topological polar surface area (TPSA) is 81.2 Å². The summed E-state index contributed by atoms with van der Waals surface area (Å²) in [6, 6.07) is 14.0. The number of rotatable bonds is 6. The van der Waals surface area contributed by atoms with Gasteiger partial charge in [0.15, 0.2) is 17.3 Å². The second-order valence-corrected chi connectivity index (χ2v) is 5.84. The summed E-state index contributed by atoms with van der Waals surface area (Å²) >= 11 is 0. The first-order valence-corrected chi connectivity index (χ1v) is 8.49. The standard InChI is InChI=1S/C19H19N5O2/c1-2-14-5-3-4-6-15(14)22-19-23-18(11-21-24-19)20-10-13-7-8-16-17(9-13)26-12-25-16/h3-9,11H,2,10,12H2,1H3,(H2,20,22,23,24). The van der Waals surface area contributed by atoms with Crippen molar-refractivity contribution in [2.45, 2.75) is 19.9 Å². The summed E-state index contributed by atoms with van der Waals surface area (Å²) in [7, 11) is 0. The van der Waals surface area contributed by atoms with Gasteiger partial charge in [-0.2, -0.15) is 10.1 Å². The minimum absolute atomic E-state index is 0.274. The molecule has 1 aliphatic heterocycles. The molecule has 132 valence electrons. The minimum atomic E-state index is 0.274. The van der Waals surface area contributed by atoms with Crippen LogP contribution < -0.4 is 20.1 Å². The molecule has 0 fully saturated rings. The van der Waals surface area contributed by atoms with Gasteiger partial charge in [-0.1, -0.05) is 31.2 Å². The van der Waals surface area contributed by atoms with Crippen LogP contribution in [-0.2, 0) is 13.0 Å². The fourth-order valence-corrected chi connectivity index (χ4v) is 2.76. The number of fused-ring (bicyclic) bond motifs is 1. The van der Waals surface area contributed by atoms with Crippen molar-refractivity contribution in [1.82, 2.24) is 15.2 Å². The molecular formula is C19H19N5O2. The summed E-state index contributed by atoms with van der Waals surface area (Å²) in [6.07, 6.45) is 2.53. The molecule has 0 spiro atoms. The maximum atomic E-state index is 5.40. The molecule has 3 aromatic rings. The van der Waals surface area contributed by atoms with Crippen LogP contribution in [0.1, 0.15) is 18.1 Å². The Hall–Kier alpha value is -3.35. The summed E-state index contributed by atoms with van der Waals surface area (Å²) in [5.74, 6) is 2.65. The van der Waals surface area contributed by atoms with Crippen LogP contribution in [0, 0.1) is 0 Å². The Morgan fingerprint density at radius 3 is 2.88 bits per heavy atom. The van der Waals surface area contributed by atoms with Gasteiger partial charge in [0.05, 0.1) is 6.20 Å². The number of para-hydroxylation sites is 1. The molecule has 26 heavy (non-hydrogen) atoms. The van der Waals surface area contributed by atoms with Crippen LogP contribution in [0.15, 0.2) is 48.7 Å². The van der Waals surface area contributed by atoms with Crippen LogP contribution in [0.4, 0.5) is 17.5 Å². The van der Waals surface area contributed by atoms with E-state index in [1.54, 1.807) is 6.20 Å². The molecule has 7 heteroatoms. The lowest BCUT2D eigenvalue weighted by atomic mass is 10.1. The van der Waals surface area contributed by atoms with E-state index in [0.717, 1.165) is 29.2 Å². The largest absolute Gasteiger partial charge is 0.454 e. The fraction of sp³-hybridized carbons (Fsp3) is 0.211. The van der Waals surface area contributed by atoms with Gasteiger partial charge in [0, 0.05) is 12.2 Å². The number of aryl methyl sites for hydroxylation is 1. The Morgan fingerprint density at radius 1 is 1.08 bits per heavy atom. The first-order chi connectivity index (χ1) is 12.8. The SMILES string of the molecule is CCc1ccccc1Nc1nncc(NCc2ccc3c(c2)OCO3)n1. The van der Waals surface area contributed by atoms with E-state index in [1.807, 2.05) is 36.4 Å². The normalized spacial score (nSPS) is 12.0. The zero-order valence-corrected chi connectivity index (χ0v) is 14.4. The lowest BCUT2D eigenvalue weighted by Crippen LogP contribution is -2.06. The Labute approximate surface area is 151 Å². The van der Waals surface area contributed by atoms with Crippen LogP contribution in [0.25, 0.3) is 0 Å². The van der Waals surface area contributed by atoms with E-state index >= 15 is 0 Å². The molecule has 0 atom stereocenters. The molecule has 0 amide bonds. The van der Waals surface area contributed by atoms with Gasteiger partial charge in [0.2, 0.25) is 12.7 Å². The molecule has 0 saturated heterocycles. The molecule has 2 heterocycles. The zero-order chi connectivity index (χ0) is 17.8. The number of hydrogen-bond acceptors (Lipinski definition) is 7. The number of hydrogen-bond donors (Lipinski definition) is 2. The van der Waals surface area contributed by atoms with Crippen molar-refractivity contribution in [2.75, 3.05) is 17.4 Å². The van der Waals surface area contributed by atoms with E-state index in [-0.39, 0.29) is 6.79 Å². The van der Waals surface area contributed by atoms with E-state index < -0.39 is 0 Å². The summed E-state index contributed by atoms with van der Waals surface area (Å²) in [5.41, 5.74) is 3.26. The van der Waals surface area contributed by atoms with Gasteiger partial charge in [0.1, 0.15) is 0 Å². The van der Waals surface area contributed by atoms with Gasteiger partial charge < -0.3 is 20.1 Å². The van der Waals surface area contributed by atoms with Gasteiger partial charge in [-0.3, -0.25) is 0 Å². The number of ether oxygens (including phenoxy) is 2. The van der Waals surface area contributed by atoms with Crippen LogP contribution in [-0.4, -0.2) is 22.0 Å². The Kier molecular flexibility index (Phi) is 4.51. The van der Waals surface area contributed by atoms with Crippen LogP contribution >= 0.6 is 0 Å². The second-order valence-electron chi connectivity index (χ2n) is 5.84. The predicted octanol–water partition coefficient (Wildman–Crippen LogP) is 3.52. The van der Waals surface area contributed by atoms with Crippen molar-refractivity contribution in [1.29, 1.82) is 0 Å². The summed E-state index contributed by atoms with van der Waals surface area (Å²) < 4.78 is 10.7. The number of nitrogens with one attached hydrogen (secondary N) is 2. The van der Waals surface area contributed by atoms with E-state index in [2.05, 4.69) is 38.8 Å². The lowest BCUT2D eigenvalue weighted by molar-refractivity contribution is 0.174. The number of anilines is 3. The van der Waals surface area contributed by atoms with E-state index in [9.17, 15) is 0 Å². The van der Waals surface area contributed by atoms with E-state index in [1.165, 1.54) is 5.56 Å². The fourth-order valence-electron chi connectivity index (χ4n) is 2.76. The summed E-state index contributed by atoms with van der Waals surface area (Å²) in [6.45, 7) is 2.99. The van der Waals surface area contributed by atoms with Crippen LogP contribution in [0.5, 0.6) is 11.5 Å².